The Labute approximate surface area is 158 Å². The molecule has 2 aromatic rings. The summed E-state index contributed by atoms with van der Waals surface area (Å²) in [6, 6.07) is 12.0. The summed E-state index contributed by atoms with van der Waals surface area (Å²) in [5, 5.41) is 2.63. The van der Waals surface area contributed by atoms with Crippen molar-refractivity contribution in [1.29, 1.82) is 0 Å². The van der Waals surface area contributed by atoms with E-state index in [0.29, 0.717) is 22.6 Å². The first-order valence-corrected chi connectivity index (χ1v) is 8.55. The summed E-state index contributed by atoms with van der Waals surface area (Å²) in [6.07, 6.45) is -0.899. The van der Waals surface area contributed by atoms with Gasteiger partial charge in [0.25, 0.3) is 0 Å². The third-order valence-electron chi connectivity index (χ3n) is 3.94. The highest BCUT2D eigenvalue weighted by Crippen LogP contribution is 2.21. The molecule has 0 spiro atoms. The van der Waals surface area contributed by atoms with Crippen LogP contribution in [0.25, 0.3) is 0 Å². The van der Waals surface area contributed by atoms with Crippen LogP contribution in [0.4, 0.5) is 5.69 Å². The van der Waals surface area contributed by atoms with Crippen molar-refractivity contribution in [2.45, 2.75) is 33.3 Å². The van der Waals surface area contributed by atoms with E-state index in [-0.39, 0.29) is 18.1 Å². The molecule has 0 radical (unpaired) electrons. The van der Waals surface area contributed by atoms with Crippen molar-refractivity contribution in [3.63, 3.8) is 0 Å². The minimum atomic E-state index is -0.917. The van der Waals surface area contributed by atoms with E-state index in [1.54, 1.807) is 30.3 Å². The first kappa shape index (κ1) is 20.2. The molecular formula is C21H23NO5. The van der Waals surface area contributed by atoms with Crippen LogP contribution < -0.4 is 10.1 Å². The zero-order valence-electron chi connectivity index (χ0n) is 15.9. The molecule has 142 valence electrons. The van der Waals surface area contributed by atoms with Crippen LogP contribution in [0.5, 0.6) is 5.75 Å². The molecular weight excluding hydrogens is 346 g/mol. The van der Waals surface area contributed by atoms with E-state index in [1.807, 2.05) is 19.1 Å². The Kier molecular flexibility index (Phi) is 6.71. The number of hydrogen-bond acceptors (Lipinski definition) is 5. The number of rotatable bonds is 7. The van der Waals surface area contributed by atoms with Crippen molar-refractivity contribution in [3.05, 3.63) is 59.2 Å². The quantitative estimate of drug-likeness (QED) is 0.598. The fourth-order valence-corrected chi connectivity index (χ4v) is 2.65. The van der Waals surface area contributed by atoms with E-state index in [0.717, 1.165) is 5.56 Å². The van der Waals surface area contributed by atoms with Gasteiger partial charge in [0.2, 0.25) is 11.7 Å². The van der Waals surface area contributed by atoms with Crippen molar-refractivity contribution in [1.82, 2.24) is 0 Å². The number of hydrogen-bond donors (Lipinski definition) is 1. The maximum Gasteiger partial charge on any atom is 0.311 e. The van der Waals surface area contributed by atoms with Crippen LogP contribution >= 0.6 is 0 Å². The van der Waals surface area contributed by atoms with Crippen molar-refractivity contribution < 1.29 is 23.9 Å². The zero-order chi connectivity index (χ0) is 20.0. The molecule has 6 nitrogen and oxygen atoms in total. The van der Waals surface area contributed by atoms with E-state index >= 15 is 0 Å². The van der Waals surface area contributed by atoms with E-state index in [2.05, 4.69) is 5.32 Å². The van der Waals surface area contributed by atoms with E-state index in [1.165, 1.54) is 21.0 Å². The zero-order valence-corrected chi connectivity index (χ0v) is 15.9. The highest BCUT2D eigenvalue weighted by atomic mass is 16.5. The first-order valence-electron chi connectivity index (χ1n) is 8.55. The highest BCUT2D eigenvalue weighted by molar-refractivity contribution is 6.00. The molecule has 0 bridgehead atoms. The molecule has 0 aliphatic rings. The number of anilines is 1. The van der Waals surface area contributed by atoms with Gasteiger partial charge < -0.3 is 14.8 Å². The number of benzene rings is 2. The van der Waals surface area contributed by atoms with Gasteiger partial charge in [0.05, 0.1) is 13.5 Å². The summed E-state index contributed by atoms with van der Waals surface area (Å²) in [7, 11) is 1.54. The minimum Gasteiger partial charge on any atom is -0.496 e. The van der Waals surface area contributed by atoms with Crippen molar-refractivity contribution in [2.24, 2.45) is 0 Å². The Bertz CT molecular complexity index is 842. The van der Waals surface area contributed by atoms with Crippen LogP contribution in [0.3, 0.4) is 0 Å². The molecule has 0 fully saturated rings. The number of carbonyl (C=O) groups excluding carboxylic acids is 3. The molecule has 1 N–H and O–H groups in total. The summed E-state index contributed by atoms with van der Waals surface area (Å²) in [5.41, 5.74) is 2.71. The van der Waals surface area contributed by atoms with Gasteiger partial charge in [0.15, 0.2) is 6.10 Å². The summed E-state index contributed by atoms with van der Waals surface area (Å²) in [6.45, 7) is 4.87. The molecule has 0 aromatic heterocycles. The molecule has 0 unspecified atom stereocenters. The Morgan fingerprint density at radius 1 is 1.07 bits per heavy atom. The maximum atomic E-state index is 12.5. The normalized spacial score (nSPS) is 11.4. The molecule has 0 saturated heterocycles. The predicted molar refractivity (Wildman–Crippen MR) is 102 cm³/mol. The van der Waals surface area contributed by atoms with Gasteiger partial charge in [-0.2, -0.15) is 0 Å². The fourth-order valence-electron chi connectivity index (χ4n) is 2.65. The number of Topliss-reactive ketones (excluding diaryl/α,β-unsaturated/α-hetero) is 1. The average Bonchev–Trinajstić information content (AvgIpc) is 2.61. The lowest BCUT2D eigenvalue weighted by molar-refractivity contribution is -0.145. The summed E-state index contributed by atoms with van der Waals surface area (Å²) < 4.78 is 10.5. The molecule has 1 atom stereocenters. The van der Waals surface area contributed by atoms with Gasteiger partial charge >= 0.3 is 5.97 Å². The topological polar surface area (TPSA) is 81.7 Å². The van der Waals surface area contributed by atoms with Crippen LogP contribution in [0, 0.1) is 6.92 Å². The standard InChI is InChI=1S/C21H23NO5/c1-13-5-10-19(26-4)17(11-13)12-20(24)27-14(2)21(25)16-6-8-18(9-7-16)22-15(3)23/h5-11,14H,12H2,1-4H3,(H,22,23)/t14-/m1/s1. The summed E-state index contributed by atoms with van der Waals surface area (Å²) in [5.74, 6) is -0.406. The molecule has 27 heavy (non-hydrogen) atoms. The Balaban J connectivity index is 2.00. The fraction of sp³-hybridized carbons (Fsp3) is 0.286. The molecule has 2 rings (SSSR count). The number of nitrogens with one attached hydrogen (secondary N) is 1. The Morgan fingerprint density at radius 3 is 2.33 bits per heavy atom. The van der Waals surface area contributed by atoms with Gasteiger partial charge in [-0.3, -0.25) is 14.4 Å². The van der Waals surface area contributed by atoms with Crippen LogP contribution in [-0.4, -0.2) is 30.9 Å². The molecule has 0 aliphatic carbocycles. The van der Waals surface area contributed by atoms with E-state index < -0.39 is 12.1 Å². The average molecular weight is 369 g/mol. The third kappa shape index (κ3) is 5.67. The monoisotopic (exact) mass is 369 g/mol. The van der Waals surface area contributed by atoms with Gasteiger partial charge in [-0.1, -0.05) is 17.7 Å². The van der Waals surface area contributed by atoms with Gasteiger partial charge in [0, 0.05) is 23.7 Å². The third-order valence-corrected chi connectivity index (χ3v) is 3.94. The Hall–Kier alpha value is -3.15. The van der Waals surface area contributed by atoms with E-state index in [9.17, 15) is 14.4 Å². The smallest absolute Gasteiger partial charge is 0.311 e. The first-order chi connectivity index (χ1) is 12.8. The van der Waals surface area contributed by atoms with E-state index in [4.69, 9.17) is 9.47 Å². The van der Waals surface area contributed by atoms with Crippen LogP contribution in [0.1, 0.15) is 35.3 Å². The number of ketones is 1. The lowest BCUT2D eigenvalue weighted by Crippen LogP contribution is -2.25. The number of amides is 1. The second-order valence-electron chi connectivity index (χ2n) is 6.25. The number of esters is 1. The highest BCUT2D eigenvalue weighted by Gasteiger charge is 2.20. The molecule has 0 saturated carbocycles. The molecule has 6 heteroatoms. The van der Waals surface area contributed by atoms with Crippen LogP contribution in [0.2, 0.25) is 0 Å². The van der Waals surface area contributed by atoms with Crippen LogP contribution in [-0.2, 0) is 20.7 Å². The lowest BCUT2D eigenvalue weighted by atomic mass is 10.1. The van der Waals surface area contributed by atoms with Crippen LogP contribution in [0.15, 0.2) is 42.5 Å². The van der Waals surface area contributed by atoms with Gasteiger partial charge in [-0.05, 0) is 44.2 Å². The molecule has 0 heterocycles. The number of carbonyl (C=O) groups is 3. The molecule has 0 aliphatic heterocycles. The van der Waals surface area contributed by atoms with Gasteiger partial charge in [-0.15, -0.1) is 0 Å². The largest absolute Gasteiger partial charge is 0.496 e. The second-order valence-corrected chi connectivity index (χ2v) is 6.25. The van der Waals surface area contributed by atoms with Gasteiger partial charge in [0.1, 0.15) is 5.75 Å². The number of methoxy groups -OCH3 is 1. The second kappa shape index (κ2) is 8.98. The summed E-state index contributed by atoms with van der Waals surface area (Å²) in [4.78, 5) is 35.7. The van der Waals surface area contributed by atoms with Gasteiger partial charge in [-0.25, -0.2) is 0 Å². The molecule has 1 amide bonds. The minimum absolute atomic E-state index is 0.0178. The van der Waals surface area contributed by atoms with Crippen molar-refractivity contribution >= 4 is 23.3 Å². The van der Waals surface area contributed by atoms with Crippen molar-refractivity contribution in [2.75, 3.05) is 12.4 Å². The number of aryl methyl sites for hydroxylation is 1. The lowest BCUT2D eigenvalue weighted by Gasteiger charge is -2.14. The number of ether oxygens (including phenoxy) is 2. The maximum absolute atomic E-state index is 12.5. The molecule has 2 aromatic carbocycles. The SMILES string of the molecule is COc1ccc(C)cc1CC(=O)O[C@H](C)C(=O)c1ccc(NC(C)=O)cc1. The van der Waals surface area contributed by atoms with Crippen molar-refractivity contribution in [3.8, 4) is 5.75 Å². The predicted octanol–water partition coefficient (Wildman–Crippen LogP) is 3.32. The summed E-state index contributed by atoms with van der Waals surface area (Å²) >= 11 is 0. The Morgan fingerprint density at radius 2 is 1.74 bits per heavy atom.